The van der Waals surface area contributed by atoms with Crippen molar-refractivity contribution < 1.29 is 0 Å². The summed E-state index contributed by atoms with van der Waals surface area (Å²) < 4.78 is 0. The highest BCUT2D eigenvalue weighted by atomic mass is 15.3. The molecule has 1 aliphatic carbocycles. The lowest BCUT2D eigenvalue weighted by Crippen LogP contribution is -2.55. The van der Waals surface area contributed by atoms with Crippen LogP contribution < -0.4 is 5.73 Å². The third-order valence-corrected chi connectivity index (χ3v) is 5.74. The summed E-state index contributed by atoms with van der Waals surface area (Å²) in [6.45, 7) is 6.03. The number of rotatable bonds is 4. The number of piperazine rings is 1. The first-order chi connectivity index (χ1) is 9.36. The molecule has 2 heterocycles. The Morgan fingerprint density at radius 3 is 2.58 bits per heavy atom. The third kappa shape index (κ3) is 3.32. The van der Waals surface area contributed by atoms with E-state index in [1.54, 1.807) is 0 Å². The molecule has 0 amide bonds. The van der Waals surface area contributed by atoms with E-state index in [1.807, 2.05) is 0 Å². The first-order valence-corrected chi connectivity index (χ1v) is 8.55. The molecule has 1 saturated carbocycles. The van der Waals surface area contributed by atoms with Crippen LogP contribution in [0.1, 0.15) is 51.4 Å². The highest BCUT2D eigenvalue weighted by molar-refractivity contribution is 4.90. The van der Waals surface area contributed by atoms with E-state index in [4.69, 9.17) is 5.73 Å². The number of hydrogen-bond acceptors (Lipinski definition) is 3. The lowest BCUT2D eigenvalue weighted by Gasteiger charge is -2.42. The van der Waals surface area contributed by atoms with E-state index in [0.29, 0.717) is 6.04 Å². The fraction of sp³-hybridized carbons (Fsp3) is 1.00. The van der Waals surface area contributed by atoms with Crippen LogP contribution in [0.3, 0.4) is 0 Å². The minimum absolute atomic E-state index is 0.658. The maximum atomic E-state index is 6.10. The molecular weight excluding hydrogens is 234 g/mol. The Labute approximate surface area is 118 Å². The number of nitrogens with two attached hydrogens (primary N) is 1. The molecule has 3 rings (SSSR count). The maximum Gasteiger partial charge on any atom is 0.0224 e. The van der Waals surface area contributed by atoms with Crippen LogP contribution in [0.4, 0.5) is 0 Å². The molecule has 19 heavy (non-hydrogen) atoms. The Kier molecular flexibility index (Phi) is 4.78. The molecule has 2 atom stereocenters. The molecule has 0 radical (unpaired) electrons. The van der Waals surface area contributed by atoms with Gasteiger partial charge >= 0.3 is 0 Å². The van der Waals surface area contributed by atoms with E-state index in [0.717, 1.165) is 18.5 Å². The Bertz CT molecular complexity index is 275. The van der Waals surface area contributed by atoms with Crippen LogP contribution in [0, 0.1) is 5.92 Å². The summed E-state index contributed by atoms with van der Waals surface area (Å²) in [4.78, 5) is 5.42. The number of fused-ring (bicyclic) bond motifs is 1. The Balaban J connectivity index is 1.52. The maximum absolute atomic E-state index is 6.10. The van der Waals surface area contributed by atoms with Gasteiger partial charge < -0.3 is 5.73 Å². The zero-order valence-corrected chi connectivity index (χ0v) is 12.4. The van der Waals surface area contributed by atoms with Crippen LogP contribution >= 0.6 is 0 Å². The van der Waals surface area contributed by atoms with Gasteiger partial charge in [0.25, 0.3) is 0 Å². The van der Waals surface area contributed by atoms with Gasteiger partial charge in [-0.25, -0.2) is 0 Å². The summed E-state index contributed by atoms with van der Waals surface area (Å²) in [5.74, 6) is 0.962. The van der Waals surface area contributed by atoms with Crippen molar-refractivity contribution in [2.24, 2.45) is 11.7 Å². The van der Waals surface area contributed by atoms with Crippen molar-refractivity contribution in [2.75, 3.05) is 32.7 Å². The van der Waals surface area contributed by atoms with Gasteiger partial charge in [0, 0.05) is 38.3 Å². The zero-order valence-electron chi connectivity index (χ0n) is 12.4. The molecule has 2 unspecified atom stereocenters. The molecule has 0 aromatic rings. The van der Waals surface area contributed by atoms with Crippen molar-refractivity contribution in [1.29, 1.82) is 0 Å². The normalized spacial score (nSPS) is 32.4. The van der Waals surface area contributed by atoms with E-state index in [2.05, 4.69) is 9.80 Å². The molecule has 3 nitrogen and oxygen atoms in total. The van der Waals surface area contributed by atoms with Crippen molar-refractivity contribution in [3.05, 3.63) is 0 Å². The lowest BCUT2D eigenvalue weighted by molar-refractivity contribution is 0.0620. The molecule has 0 aromatic heterocycles. The van der Waals surface area contributed by atoms with Gasteiger partial charge in [-0.1, -0.05) is 32.1 Å². The minimum atomic E-state index is 0.658. The Morgan fingerprint density at radius 2 is 1.79 bits per heavy atom. The van der Waals surface area contributed by atoms with Gasteiger partial charge in [0.2, 0.25) is 0 Å². The van der Waals surface area contributed by atoms with Gasteiger partial charge in [-0.05, 0) is 31.7 Å². The largest absolute Gasteiger partial charge is 0.329 e. The fourth-order valence-electron chi connectivity index (χ4n) is 4.55. The lowest BCUT2D eigenvalue weighted by atomic mass is 9.84. The fourth-order valence-corrected chi connectivity index (χ4v) is 4.55. The highest BCUT2D eigenvalue weighted by Gasteiger charge is 2.33. The predicted octanol–water partition coefficient (Wildman–Crippen LogP) is 2.06. The van der Waals surface area contributed by atoms with E-state index < -0.39 is 0 Å². The van der Waals surface area contributed by atoms with Crippen LogP contribution in [0.25, 0.3) is 0 Å². The summed E-state index contributed by atoms with van der Waals surface area (Å²) in [6.07, 6.45) is 11.5. The predicted molar refractivity (Wildman–Crippen MR) is 80.2 cm³/mol. The Hall–Kier alpha value is -0.120. The molecule has 2 N–H and O–H groups in total. The van der Waals surface area contributed by atoms with Crippen molar-refractivity contribution in [1.82, 2.24) is 9.80 Å². The second-order valence-corrected chi connectivity index (χ2v) is 6.96. The minimum Gasteiger partial charge on any atom is -0.329 e. The van der Waals surface area contributed by atoms with E-state index in [-0.39, 0.29) is 0 Å². The molecule has 3 aliphatic rings. The average molecular weight is 265 g/mol. The molecule has 110 valence electrons. The van der Waals surface area contributed by atoms with Crippen LogP contribution in [-0.4, -0.2) is 54.6 Å². The van der Waals surface area contributed by atoms with Crippen molar-refractivity contribution in [3.63, 3.8) is 0 Å². The number of nitrogens with zero attached hydrogens (tertiary/aromatic N) is 2. The molecular formula is C16H31N3. The monoisotopic (exact) mass is 265 g/mol. The van der Waals surface area contributed by atoms with Crippen LogP contribution in [0.5, 0.6) is 0 Å². The first-order valence-electron chi connectivity index (χ1n) is 8.55. The van der Waals surface area contributed by atoms with Gasteiger partial charge in [0.15, 0.2) is 0 Å². The van der Waals surface area contributed by atoms with Gasteiger partial charge in [-0.15, -0.1) is 0 Å². The van der Waals surface area contributed by atoms with Gasteiger partial charge in [-0.3, -0.25) is 9.80 Å². The smallest absolute Gasteiger partial charge is 0.0224 e. The van der Waals surface area contributed by atoms with Gasteiger partial charge in [0.05, 0.1) is 0 Å². The summed E-state index contributed by atoms with van der Waals surface area (Å²) in [7, 11) is 0. The molecule has 2 saturated heterocycles. The van der Waals surface area contributed by atoms with Crippen molar-refractivity contribution >= 4 is 0 Å². The summed E-state index contributed by atoms with van der Waals surface area (Å²) >= 11 is 0. The zero-order chi connectivity index (χ0) is 13.1. The third-order valence-electron chi connectivity index (χ3n) is 5.74. The second kappa shape index (κ2) is 6.55. The SMILES string of the molecule is NCC(CC1CCCCC1)N1CCN2CCCC2C1. The summed E-state index contributed by atoms with van der Waals surface area (Å²) in [5, 5.41) is 0. The molecule has 0 bridgehead atoms. The van der Waals surface area contributed by atoms with Crippen molar-refractivity contribution in [3.8, 4) is 0 Å². The summed E-state index contributed by atoms with van der Waals surface area (Å²) in [6, 6.07) is 1.50. The van der Waals surface area contributed by atoms with E-state index in [1.165, 1.54) is 77.5 Å². The molecule has 3 fully saturated rings. The van der Waals surface area contributed by atoms with Gasteiger partial charge in [-0.2, -0.15) is 0 Å². The van der Waals surface area contributed by atoms with E-state index >= 15 is 0 Å². The molecule has 0 spiro atoms. The molecule has 3 heteroatoms. The van der Waals surface area contributed by atoms with Crippen LogP contribution in [-0.2, 0) is 0 Å². The van der Waals surface area contributed by atoms with Crippen LogP contribution in [0.15, 0.2) is 0 Å². The van der Waals surface area contributed by atoms with E-state index in [9.17, 15) is 0 Å². The standard InChI is InChI=1S/C16H31N3/c17-12-16(11-14-5-2-1-3-6-14)19-10-9-18-8-4-7-15(18)13-19/h14-16H,1-13,17H2. The first kappa shape index (κ1) is 13.8. The van der Waals surface area contributed by atoms with Crippen molar-refractivity contribution in [2.45, 2.75) is 63.5 Å². The average Bonchev–Trinajstić information content (AvgIpc) is 2.93. The number of hydrogen-bond donors (Lipinski definition) is 1. The van der Waals surface area contributed by atoms with Gasteiger partial charge in [0.1, 0.15) is 0 Å². The quantitative estimate of drug-likeness (QED) is 0.844. The molecule has 0 aromatic carbocycles. The topological polar surface area (TPSA) is 32.5 Å². The Morgan fingerprint density at radius 1 is 0.947 bits per heavy atom. The molecule has 2 aliphatic heterocycles. The summed E-state index contributed by atoms with van der Waals surface area (Å²) in [5.41, 5.74) is 6.10. The second-order valence-electron chi connectivity index (χ2n) is 6.96. The van der Waals surface area contributed by atoms with Crippen LogP contribution in [0.2, 0.25) is 0 Å². The highest BCUT2D eigenvalue weighted by Crippen LogP contribution is 2.30.